The van der Waals surface area contributed by atoms with Crippen molar-refractivity contribution < 1.29 is 9.53 Å². The molecule has 1 atom stereocenters. The molecule has 0 spiro atoms. The second-order valence-electron chi connectivity index (χ2n) is 2.63. The summed E-state index contributed by atoms with van der Waals surface area (Å²) in [6.45, 7) is 5.38. The van der Waals surface area contributed by atoms with Gasteiger partial charge in [-0.05, 0) is 20.9 Å². The summed E-state index contributed by atoms with van der Waals surface area (Å²) in [6.07, 6.45) is 0.0811. The Labute approximate surface area is 73.7 Å². The van der Waals surface area contributed by atoms with Gasteiger partial charge in [-0.3, -0.25) is 4.79 Å². The van der Waals surface area contributed by atoms with Gasteiger partial charge < -0.3 is 15.4 Å². The summed E-state index contributed by atoms with van der Waals surface area (Å²) >= 11 is 0. The molecular weight excluding hydrogens is 156 g/mol. The number of likely N-dealkylation sites (N-methyl/N-ethyl adjacent to an activating group) is 2. The zero-order valence-electron chi connectivity index (χ0n) is 8.02. The van der Waals surface area contributed by atoms with Gasteiger partial charge in [-0.2, -0.15) is 0 Å². The minimum atomic E-state index is -0.0551. The third-order valence-corrected chi connectivity index (χ3v) is 1.36. The summed E-state index contributed by atoms with van der Waals surface area (Å²) in [5, 5.41) is 5.63. The summed E-state index contributed by atoms with van der Waals surface area (Å²) in [6, 6.07) is 0. The van der Waals surface area contributed by atoms with Gasteiger partial charge in [-0.25, -0.2) is 0 Å². The van der Waals surface area contributed by atoms with Crippen LogP contribution in [0.15, 0.2) is 0 Å². The molecule has 12 heavy (non-hydrogen) atoms. The van der Waals surface area contributed by atoms with Crippen molar-refractivity contribution in [2.24, 2.45) is 0 Å². The molecule has 0 aliphatic heterocycles. The zero-order chi connectivity index (χ0) is 9.40. The molecule has 0 rings (SSSR count). The fourth-order valence-corrected chi connectivity index (χ4v) is 0.813. The van der Waals surface area contributed by atoms with Crippen LogP contribution in [0.4, 0.5) is 0 Å². The average molecular weight is 174 g/mol. The highest BCUT2D eigenvalue weighted by Crippen LogP contribution is 1.87. The van der Waals surface area contributed by atoms with E-state index in [1.54, 1.807) is 0 Å². The van der Waals surface area contributed by atoms with Crippen LogP contribution in [-0.4, -0.2) is 38.8 Å². The number of carbonyl (C=O) groups is 1. The van der Waals surface area contributed by atoms with Crippen LogP contribution in [0.3, 0.4) is 0 Å². The van der Waals surface area contributed by atoms with Gasteiger partial charge in [0.15, 0.2) is 0 Å². The average Bonchev–Trinajstić information content (AvgIpc) is 2.02. The molecule has 0 aromatic heterocycles. The number of nitrogens with one attached hydrogen (secondary N) is 2. The van der Waals surface area contributed by atoms with Crippen molar-refractivity contribution in [1.29, 1.82) is 0 Å². The molecule has 4 nitrogen and oxygen atoms in total. The van der Waals surface area contributed by atoms with E-state index in [0.717, 1.165) is 6.54 Å². The minimum Gasteiger partial charge on any atom is -0.367 e. The summed E-state index contributed by atoms with van der Waals surface area (Å²) in [5.74, 6) is -0.0551. The third kappa shape index (κ3) is 6.12. The van der Waals surface area contributed by atoms with Crippen molar-refractivity contribution in [3.63, 3.8) is 0 Å². The maximum atomic E-state index is 10.9. The highest BCUT2D eigenvalue weighted by molar-refractivity contribution is 5.77. The molecule has 0 aromatic rings. The van der Waals surface area contributed by atoms with Gasteiger partial charge in [0.25, 0.3) is 0 Å². The van der Waals surface area contributed by atoms with E-state index in [1.165, 1.54) is 0 Å². The highest BCUT2D eigenvalue weighted by Gasteiger charge is 2.03. The number of ether oxygens (including phenoxy) is 1. The number of carbonyl (C=O) groups excluding carboxylic acids is 1. The van der Waals surface area contributed by atoms with Gasteiger partial charge in [-0.1, -0.05) is 0 Å². The lowest BCUT2D eigenvalue weighted by Crippen LogP contribution is -2.31. The number of rotatable bonds is 6. The predicted octanol–water partition coefficient (Wildman–Crippen LogP) is -0.253. The van der Waals surface area contributed by atoms with Gasteiger partial charge in [0.1, 0.15) is 6.61 Å². The summed E-state index contributed by atoms with van der Waals surface area (Å²) < 4.78 is 5.22. The molecule has 0 fully saturated rings. The molecular formula is C8H18N2O2. The standard InChI is InChI=1S/C8H18N2O2/c1-4-10-8(11)6-12-7(2)5-9-3/h7,9H,4-6H2,1-3H3,(H,10,11). The maximum Gasteiger partial charge on any atom is 0.246 e. The van der Waals surface area contributed by atoms with E-state index in [-0.39, 0.29) is 18.6 Å². The van der Waals surface area contributed by atoms with Crippen LogP contribution in [0.5, 0.6) is 0 Å². The first kappa shape index (κ1) is 11.4. The molecule has 1 unspecified atom stereocenters. The third-order valence-electron chi connectivity index (χ3n) is 1.36. The monoisotopic (exact) mass is 174 g/mol. The lowest BCUT2D eigenvalue weighted by atomic mass is 10.4. The second-order valence-corrected chi connectivity index (χ2v) is 2.63. The Morgan fingerprint density at radius 1 is 1.58 bits per heavy atom. The summed E-state index contributed by atoms with van der Waals surface area (Å²) in [4.78, 5) is 10.9. The quantitative estimate of drug-likeness (QED) is 0.583. The first-order valence-electron chi connectivity index (χ1n) is 4.23. The Hall–Kier alpha value is -0.610. The van der Waals surface area contributed by atoms with Crippen molar-refractivity contribution in [3.8, 4) is 0 Å². The number of hydrogen-bond donors (Lipinski definition) is 2. The first-order valence-corrected chi connectivity index (χ1v) is 4.23. The smallest absolute Gasteiger partial charge is 0.246 e. The molecule has 0 aliphatic carbocycles. The van der Waals surface area contributed by atoms with E-state index in [4.69, 9.17) is 4.74 Å². The molecule has 72 valence electrons. The van der Waals surface area contributed by atoms with Crippen molar-refractivity contribution >= 4 is 5.91 Å². The van der Waals surface area contributed by atoms with E-state index in [2.05, 4.69) is 10.6 Å². The van der Waals surface area contributed by atoms with E-state index in [0.29, 0.717) is 6.54 Å². The highest BCUT2D eigenvalue weighted by atomic mass is 16.5. The van der Waals surface area contributed by atoms with Gasteiger partial charge in [0.05, 0.1) is 6.10 Å². The van der Waals surface area contributed by atoms with E-state index < -0.39 is 0 Å². The van der Waals surface area contributed by atoms with Crippen LogP contribution >= 0.6 is 0 Å². The van der Waals surface area contributed by atoms with Crippen LogP contribution < -0.4 is 10.6 Å². The van der Waals surface area contributed by atoms with Gasteiger partial charge in [0, 0.05) is 13.1 Å². The van der Waals surface area contributed by atoms with Gasteiger partial charge in [0.2, 0.25) is 5.91 Å². The fourth-order valence-electron chi connectivity index (χ4n) is 0.813. The molecule has 0 aliphatic rings. The number of amides is 1. The number of hydrogen-bond acceptors (Lipinski definition) is 3. The Balaban J connectivity index is 3.33. The molecule has 1 amide bonds. The molecule has 2 N–H and O–H groups in total. The lowest BCUT2D eigenvalue weighted by molar-refractivity contribution is -0.127. The Morgan fingerprint density at radius 2 is 2.25 bits per heavy atom. The SMILES string of the molecule is CCNC(=O)COC(C)CNC. The first-order chi connectivity index (χ1) is 5.70. The van der Waals surface area contributed by atoms with Crippen molar-refractivity contribution in [3.05, 3.63) is 0 Å². The van der Waals surface area contributed by atoms with Gasteiger partial charge in [-0.15, -0.1) is 0 Å². The molecule has 0 bridgehead atoms. The molecule has 4 heteroatoms. The molecule has 0 saturated carbocycles. The van der Waals surface area contributed by atoms with Crippen LogP contribution in [0.1, 0.15) is 13.8 Å². The second kappa shape index (κ2) is 7.06. The van der Waals surface area contributed by atoms with Crippen molar-refractivity contribution in [1.82, 2.24) is 10.6 Å². The Bertz CT molecular complexity index is 128. The normalized spacial score (nSPS) is 12.6. The lowest BCUT2D eigenvalue weighted by Gasteiger charge is -2.11. The zero-order valence-corrected chi connectivity index (χ0v) is 8.02. The summed E-state index contributed by atoms with van der Waals surface area (Å²) in [7, 11) is 1.85. The van der Waals surface area contributed by atoms with E-state index in [9.17, 15) is 4.79 Å². The maximum absolute atomic E-state index is 10.9. The largest absolute Gasteiger partial charge is 0.367 e. The van der Waals surface area contributed by atoms with E-state index >= 15 is 0 Å². The fraction of sp³-hybridized carbons (Fsp3) is 0.875. The topological polar surface area (TPSA) is 50.4 Å². The van der Waals surface area contributed by atoms with Crippen LogP contribution in [-0.2, 0) is 9.53 Å². The summed E-state index contributed by atoms with van der Waals surface area (Å²) in [5.41, 5.74) is 0. The Kier molecular flexibility index (Phi) is 6.70. The van der Waals surface area contributed by atoms with Crippen LogP contribution in [0, 0.1) is 0 Å². The molecule has 0 aromatic carbocycles. The minimum absolute atomic E-state index is 0.0551. The van der Waals surface area contributed by atoms with Crippen LogP contribution in [0.2, 0.25) is 0 Å². The van der Waals surface area contributed by atoms with Crippen molar-refractivity contribution in [2.75, 3.05) is 26.7 Å². The Morgan fingerprint density at radius 3 is 2.75 bits per heavy atom. The molecule has 0 radical (unpaired) electrons. The molecule has 0 heterocycles. The van der Waals surface area contributed by atoms with Gasteiger partial charge >= 0.3 is 0 Å². The van der Waals surface area contributed by atoms with Crippen LogP contribution in [0.25, 0.3) is 0 Å². The predicted molar refractivity (Wildman–Crippen MR) is 48.0 cm³/mol. The van der Waals surface area contributed by atoms with E-state index in [1.807, 2.05) is 20.9 Å². The van der Waals surface area contributed by atoms with Crippen molar-refractivity contribution in [2.45, 2.75) is 20.0 Å². The molecule has 0 saturated heterocycles.